The SMILES string of the molecule is [C-]#[N+]c1cc(C(=O)N(C)C)n(C2CCCC2)c1C. The molecular weight excluding hydrogens is 226 g/mol. The van der Waals surface area contributed by atoms with Crippen molar-refractivity contribution in [2.24, 2.45) is 0 Å². The highest BCUT2D eigenvalue weighted by atomic mass is 16.2. The molecule has 1 aliphatic rings. The van der Waals surface area contributed by atoms with Gasteiger partial charge in [-0.25, -0.2) is 4.85 Å². The number of carbonyl (C=O) groups is 1. The van der Waals surface area contributed by atoms with Crippen molar-refractivity contribution >= 4 is 11.6 Å². The van der Waals surface area contributed by atoms with Crippen molar-refractivity contribution in [1.82, 2.24) is 9.47 Å². The highest BCUT2D eigenvalue weighted by Crippen LogP contribution is 2.36. The minimum Gasteiger partial charge on any atom is -0.349 e. The standard InChI is InChI=1S/C14H19N3O/c1-10-12(15-2)9-13(14(18)16(3)4)17(10)11-7-5-6-8-11/h9,11H,5-8H2,1,3-4H3. The van der Waals surface area contributed by atoms with E-state index in [1.165, 1.54) is 12.8 Å². The number of hydrogen-bond acceptors (Lipinski definition) is 1. The Hall–Kier alpha value is -1.76. The maximum Gasteiger partial charge on any atom is 0.268 e. The highest BCUT2D eigenvalue weighted by molar-refractivity contribution is 5.94. The van der Waals surface area contributed by atoms with Crippen LogP contribution in [0.2, 0.25) is 0 Å². The first kappa shape index (κ1) is 12.7. The second-order valence-corrected chi connectivity index (χ2v) is 5.12. The fourth-order valence-electron chi connectivity index (χ4n) is 2.75. The van der Waals surface area contributed by atoms with Crippen LogP contribution in [0.4, 0.5) is 5.69 Å². The summed E-state index contributed by atoms with van der Waals surface area (Å²) in [7, 11) is 3.50. The summed E-state index contributed by atoms with van der Waals surface area (Å²) in [5, 5.41) is 0. The van der Waals surface area contributed by atoms with Gasteiger partial charge in [-0.2, -0.15) is 0 Å². The molecule has 96 valence electrons. The van der Waals surface area contributed by atoms with E-state index in [1.807, 2.05) is 6.92 Å². The predicted molar refractivity (Wildman–Crippen MR) is 71.0 cm³/mol. The molecule has 2 rings (SSSR count). The Labute approximate surface area is 108 Å². The van der Waals surface area contributed by atoms with Gasteiger partial charge in [-0.3, -0.25) is 4.79 Å². The van der Waals surface area contributed by atoms with Gasteiger partial charge in [-0.15, -0.1) is 0 Å². The van der Waals surface area contributed by atoms with Crippen LogP contribution < -0.4 is 0 Å². The van der Waals surface area contributed by atoms with E-state index in [-0.39, 0.29) is 5.91 Å². The second kappa shape index (κ2) is 4.85. The number of carbonyl (C=O) groups excluding carboxylic acids is 1. The van der Waals surface area contributed by atoms with Crippen LogP contribution in [0.3, 0.4) is 0 Å². The number of rotatable bonds is 2. The van der Waals surface area contributed by atoms with E-state index in [1.54, 1.807) is 25.1 Å². The Kier molecular flexibility index (Phi) is 3.42. The van der Waals surface area contributed by atoms with Crippen LogP contribution in [-0.2, 0) is 0 Å². The first-order valence-electron chi connectivity index (χ1n) is 6.37. The summed E-state index contributed by atoms with van der Waals surface area (Å²) in [4.78, 5) is 17.3. The fourth-order valence-corrected chi connectivity index (χ4v) is 2.75. The van der Waals surface area contributed by atoms with Crippen molar-refractivity contribution in [3.05, 3.63) is 28.9 Å². The Bertz CT molecular complexity index is 502. The summed E-state index contributed by atoms with van der Waals surface area (Å²) < 4.78 is 2.09. The molecule has 0 spiro atoms. The lowest BCUT2D eigenvalue weighted by Gasteiger charge is -2.20. The molecule has 4 nitrogen and oxygen atoms in total. The van der Waals surface area contributed by atoms with E-state index >= 15 is 0 Å². The summed E-state index contributed by atoms with van der Waals surface area (Å²) in [6, 6.07) is 2.13. The maximum absolute atomic E-state index is 12.2. The van der Waals surface area contributed by atoms with Crippen LogP contribution in [0.1, 0.15) is 47.9 Å². The van der Waals surface area contributed by atoms with E-state index in [2.05, 4.69) is 9.41 Å². The zero-order valence-electron chi connectivity index (χ0n) is 11.2. The topological polar surface area (TPSA) is 29.6 Å². The molecule has 0 unspecified atom stereocenters. The average molecular weight is 245 g/mol. The van der Waals surface area contributed by atoms with E-state index in [4.69, 9.17) is 6.57 Å². The van der Waals surface area contributed by atoms with Crippen LogP contribution >= 0.6 is 0 Å². The lowest BCUT2D eigenvalue weighted by atomic mass is 10.2. The molecule has 1 aromatic heterocycles. The third-order valence-electron chi connectivity index (χ3n) is 3.70. The first-order valence-corrected chi connectivity index (χ1v) is 6.37. The van der Waals surface area contributed by atoms with Gasteiger partial charge in [0.1, 0.15) is 0 Å². The normalized spacial score (nSPS) is 15.7. The van der Waals surface area contributed by atoms with Crippen molar-refractivity contribution in [2.75, 3.05) is 14.1 Å². The molecule has 1 fully saturated rings. The van der Waals surface area contributed by atoms with Crippen LogP contribution in [0.15, 0.2) is 6.07 Å². The first-order chi connectivity index (χ1) is 8.56. The van der Waals surface area contributed by atoms with Crippen molar-refractivity contribution < 1.29 is 4.79 Å². The molecule has 0 saturated heterocycles. The average Bonchev–Trinajstić information content (AvgIpc) is 2.94. The minimum absolute atomic E-state index is 0.0140. The zero-order chi connectivity index (χ0) is 13.3. The molecule has 1 amide bonds. The molecule has 0 aromatic carbocycles. The molecule has 0 radical (unpaired) electrons. The zero-order valence-corrected chi connectivity index (χ0v) is 11.2. The van der Waals surface area contributed by atoms with Crippen molar-refractivity contribution in [1.29, 1.82) is 0 Å². The largest absolute Gasteiger partial charge is 0.349 e. The summed E-state index contributed by atoms with van der Waals surface area (Å²) in [5.41, 5.74) is 2.20. The van der Waals surface area contributed by atoms with Crippen molar-refractivity contribution in [3.63, 3.8) is 0 Å². The number of amides is 1. The second-order valence-electron chi connectivity index (χ2n) is 5.12. The minimum atomic E-state index is -0.0140. The molecule has 1 heterocycles. The quantitative estimate of drug-likeness (QED) is 0.736. The van der Waals surface area contributed by atoms with Crippen molar-refractivity contribution in [2.45, 2.75) is 38.6 Å². The van der Waals surface area contributed by atoms with E-state index < -0.39 is 0 Å². The summed E-state index contributed by atoms with van der Waals surface area (Å²) in [6.07, 6.45) is 4.65. The third-order valence-corrected chi connectivity index (χ3v) is 3.70. The van der Waals surface area contributed by atoms with Crippen LogP contribution in [0.5, 0.6) is 0 Å². The van der Waals surface area contributed by atoms with Crippen LogP contribution in [0.25, 0.3) is 4.85 Å². The number of nitrogens with zero attached hydrogens (tertiary/aromatic N) is 3. The van der Waals surface area contributed by atoms with Gasteiger partial charge in [0.25, 0.3) is 5.91 Å². The summed E-state index contributed by atoms with van der Waals surface area (Å²) in [5.74, 6) is -0.0140. The van der Waals surface area contributed by atoms with E-state index in [0.29, 0.717) is 17.4 Å². The van der Waals surface area contributed by atoms with Gasteiger partial charge in [0.2, 0.25) is 5.69 Å². The van der Waals surface area contributed by atoms with Gasteiger partial charge in [0.05, 0.1) is 12.3 Å². The van der Waals surface area contributed by atoms with E-state index in [9.17, 15) is 4.79 Å². The highest BCUT2D eigenvalue weighted by Gasteiger charge is 2.26. The lowest BCUT2D eigenvalue weighted by Crippen LogP contribution is -2.26. The molecule has 1 saturated carbocycles. The Balaban J connectivity index is 2.51. The van der Waals surface area contributed by atoms with Crippen LogP contribution in [0, 0.1) is 13.5 Å². The summed E-state index contributed by atoms with van der Waals surface area (Å²) >= 11 is 0. The molecule has 0 N–H and O–H groups in total. The Morgan fingerprint density at radius 2 is 2.06 bits per heavy atom. The molecule has 0 atom stereocenters. The van der Waals surface area contributed by atoms with Gasteiger partial charge in [-0.05, 0) is 25.8 Å². The molecule has 0 bridgehead atoms. The lowest BCUT2D eigenvalue weighted by molar-refractivity contribution is 0.0814. The molecule has 1 aromatic rings. The molecule has 0 aliphatic heterocycles. The van der Waals surface area contributed by atoms with Crippen LogP contribution in [-0.4, -0.2) is 29.5 Å². The Morgan fingerprint density at radius 1 is 1.44 bits per heavy atom. The smallest absolute Gasteiger partial charge is 0.268 e. The van der Waals surface area contributed by atoms with Gasteiger partial charge in [-0.1, -0.05) is 12.8 Å². The fraction of sp³-hybridized carbons (Fsp3) is 0.571. The maximum atomic E-state index is 12.2. The summed E-state index contributed by atoms with van der Waals surface area (Å²) in [6.45, 7) is 9.14. The van der Waals surface area contributed by atoms with Crippen molar-refractivity contribution in [3.8, 4) is 0 Å². The third kappa shape index (κ3) is 2.01. The molecule has 18 heavy (non-hydrogen) atoms. The predicted octanol–water partition coefficient (Wildman–Crippen LogP) is 3.16. The van der Waals surface area contributed by atoms with Gasteiger partial charge in [0, 0.05) is 25.8 Å². The van der Waals surface area contributed by atoms with E-state index in [0.717, 1.165) is 18.5 Å². The van der Waals surface area contributed by atoms with Gasteiger partial charge >= 0.3 is 0 Å². The molecule has 4 heteroatoms. The van der Waals surface area contributed by atoms with Gasteiger partial charge in [0.15, 0.2) is 0 Å². The van der Waals surface area contributed by atoms with Gasteiger partial charge < -0.3 is 9.47 Å². The number of aromatic nitrogens is 1. The molecular formula is C14H19N3O. The molecule has 1 aliphatic carbocycles. The Morgan fingerprint density at radius 3 is 2.56 bits per heavy atom. The number of hydrogen-bond donors (Lipinski definition) is 0. The monoisotopic (exact) mass is 245 g/mol.